The summed E-state index contributed by atoms with van der Waals surface area (Å²) in [7, 11) is 0. The van der Waals surface area contributed by atoms with Crippen molar-refractivity contribution in [2.24, 2.45) is 0 Å². The summed E-state index contributed by atoms with van der Waals surface area (Å²) in [6.45, 7) is 0. The van der Waals surface area contributed by atoms with Crippen LogP contribution in [0.3, 0.4) is 0 Å². The van der Waals surface area contributed by atoms with E-state index in [9.17, 15) is 0 Å². The van der Waals surface area contributed by atoms with E-state index in [0.29, 0.717) is 0 Å². The number of nitrogens with one attached hydrogen (secondary N) is 2. The average Bonchev–Trinajstić information content (AvgIpc) is 2.55. The monoisotopic (exact) mass is 150 g/mol. The molecule has 0 amide bonds. The van der Waals surface area contributed by atoms with Gasteiger partial charge in [-0.1, -0.05) is 17.7 Å². The van der Waals surface area contributed by atoms with Crippen LogP contribution in [-0.4, -0.2) is 15.4 Å². The highest BCUT2D eigenvalue weighted by atomic mass is 16.2. The van der Waals surface area contributed by atoms with Crippen LogP contribution >= 0.6 is 0 Å². The van der Waals surface area contributed by atoms with Crippen LogP contribution < -0.4 is 0 Å². The molecule has 2 aromatic rings. The van der Waals surface area contributed by atoms with Gasteiger partial charge in [0.15, 0.2) is 0 Å². The van der Waals surface area contributed by atoms with Crippen LogP contribution in [0.1, 0.15) is 0 Å². The third kappa shape index (κ3) is 1.37. The number of fused-ring (bicyclic) bond motifs is 1. The lowest BCUT2D eigenvalue weighted by Crippen LogP contribution is -1.63. The molecule has 2 N–H and O–H groups in total. The Bertz CT molecular complexity index is 302. The molecule has 0 aliphatic carbocycles. The number of benzene rings is 1. The van der Waals surface area contributed by atoms with E-state index in [0.717, 1.165) is 11.0 Å². The van der Waals surface area contributed by atoms with Gasteiger partial charge in [-0.05, 0) is 12.1 Å². The zero-order chi connectivity index (χ0) is 8.10. The third-order valence-electron chi connectivity index (χ3n) is 1.22. The number of nitroso groups, excluding NO2 is 1. The molecule has 0 aliphatic rings. The van der Waals surface area contributed by atoms with Crippen LogP contribution in [0.4, 0.5) is 0 Å². The Kier molecular flexibility index (Phi) is 2.27. The molecule has 0 bridgehead atoms. The van der Waals surface area contributed by atoms with E-state index in [1.54, 1.807) is 0 Å². The predicted octanol–water partition coefficient (Wildman–Crippen LogP) is 1.29. The summed E-state index contributed by atoms with van der Waals surface area (Å²) in [4.78, 5) is 7.50. The molecule has 5 heteroatoms. The summed E-state index contributed by atoms with van der Waals surface area (Å²) in [6.07, 6.45) is 0. The van der Waals surface area contributed by atoms with Crippen molar-refractivity contribution < 1.29 is 0 Å². The Balaban J connectivity index is 0.000000281. The van der Waals surface area contributed by atoms with Crippen LogP contribution in [-0.2, 0) is 0 Å². The molecule has 0 saturated carbocycles. The van der Waals surface area contributed by atoms with E-state index in [1.807, 2.05) is 24.3 Å². The summed E-state index contributed by atoms with van der Waals surface area (Å²) < 4.78 is 0. The number of para-hydroxylation sites is 2. The highest BCUT2D eigenvalue weighted by Crippen LogP contribution is 2.03. The van der Waals surface area contributed by atoms with Gasteiger partial charge in [-0.2, -0.15) is 20.3 Å². The lowest BCUT2D eigenvalue weighted by Gasteiger charge is -1.78. The SMILES string of the molecule is N=O.c1ccc2n[nH]nc2c1. The number of hydrogen-bond donors (Lipinski definition) is 2. The van der Waals surface area contributed by atoms with Crippen molar-refractivity contribution in [1.82, 2.24) is 15.4 Å². The van der Waals surface area contributed by atoms with Gasteiger partial charge >= 0.3 is 0 Å². The van der Waals surface area contributed by atoms with Crippen LogP contribution in [0.5, 0.6) is 0 Å². The molecular formula is C6H6N4O. The molecule has 0 aliphatic heterocycles. The number of rotatable bonds is 0. The summed E-state index contributed by atoms with van der Waals surface area (Å²) in [5.41, 5.74) is 6.33. The van der Waals surface area contributed by atoms with Gasteiger partial charge < -0.3 is 0 Å². The van der Waals surface area contributed by atoms with Crippen molar-refractivity contribution in [3.8, 4) is 0 Å². The van der Waals surface area contributed by atoms with E-state index < -0.39 is 0 Å². The second kappa shape index (κ2) is 3.40. The standard InChI is InChI=1S/C6H5N3.HNO/c1-2-4-6-5(3-1)7-9-8-6;1-2/h1-4H,(H,7,8,9);1H. The first-order chi connectivity index (χ1) is 5.47. The van der Waals surface area contributed by atoms with E-state index in [1.165, 1.54) is 0 Å². The molecule has 1 aromatic carbocycles. The summed E-state index contributed by atoms with van der Waals surface area (Å²) in [5.74, 6) is 0. The Morgan fingerprint density at radius 2 is 1.55 bits per heavy atom. The molecule has 0 unspecified atom stereocenters. The van der Waals surface area contributed by atoms with Gasteiger partial charge in [0, 0.05) is 0 Å². The van der Waals surface area contributed by atoms with E-state index in [4.69, 9.17) is 4.91 Å². The third-order valence-corrected chi connectivity index (χ3v) is 1.22. The molecule has 0 spiro atoms. The minimum absolute atomic E-state index is 0.914. The van der Waals surface area contributed by atoms with Gasteiger partial charge in [0.25, 0.3) is 0 Å². The van der Waals surface area contributed by atoms with Crippen molar-refractivity contribution in [1.29, 1.82) is 5.59 Å². The maximum atomic E-state index is 7.50. The zero-order valence-electron chi connectivity index (χ0n) is 5.61. The molecule has 11 heavy (non-hydrogen) atoms. The van der Waals surface area contributed by atoms with E-state index in [-0.39, 0.29) is 0 Å². The van der Waals surface area contributed by atoms with Crippen LogP contribution in [0.25, 0.3) is 11.0 Å². The fraction of sp³-hybridized carbons (Fsp3) is 0. The number of H-pyrrole nitrogens is 1. The second-order valence-electron chi connectivity index (χ2n) is 1.81. The molecule has 2 rings (SSSR count). The van der Waals surface area contributed by atoms with Crippen LogP contribution in [0.15, 0.2) is 24.3 Å². The lowest BCUT2D eigenvalue weighted by molar-refractivity contribution is 0.959. The predicted molar refractivity (Wildman–Crippen MR) is 40.0 cm³/mol. The lowest BCUT2D eigenvalue weighted by atomic mass is 10.3. The molecular weight excluding hydrogens is 144 g/mol. The van der Waals surface area contributed by atoms with Gasteiger partial charge in [0.05, 0.1) is 0 Å². The molecule has 56 valence electrons. The van der Waals surface area contributed by atoms with Crippen molar-refractivity contribution in [2.75, 3.05) is 0 Å². The fourth-order valence-corrected chi connectivity index (χ4v) is 0.786. The van der Waals surface area contributed by atoms with E-state index in [2.05, 4.69) is 21.0 Å². The highest BCUT2D eigenvalue weighted by Gasteiger charge is 1.90. The molecule has 5 nitrogen and oxygen atoms in total. The first-order valence-corrected chi connectivity index (χ1v) is 2.93. The molecule has 0 atom stereocenters. The van der Waals surface area contributed by atoms with Crippen molar-refractivity contribution in [3.63, 3.8) is 0 Å². The number of nitrogens with zero attached hydrogens (tertiary/aromatic N) is 2. The summed E-state index contributed by atoms with van der Waals surface area (Å²) in [6, 6.07) is 7.70. The van der Waals surface area contributed by atoms with Gasteiger partial charge in [-0.3, -0.25) is 0 Å². The molecule has 0 radical (unpaired) electrons. The molecule has 1 heterocycles. The fourth-order valence-electron chi connectivity index (χ4n) is 0.786. The van der Waals surface area contributed by atoms with Crippen LogP contribution in [0.2, 0.25) is 0 Å². The Labute approximate surface area is 62.2 Å². The van der Waals surface area contributed by atoms with Gasteiger partial charge in [0.1, 0.15) is 11.0 Å². The smallest absolute Gasteiger partial charge is 0.112 e. The van der Waals surface area contributed by atoms with Crippen LogP contribution in [0, 0.1) is 10.5 Å². The maximum Gasteiger partial charge on any atom is 0.112 e. The van der Waals surface area contributed by atoms with Gasteiger partial charge in [-0.25, -0.2) is 0 Å². The molecule has 0 saturated heterocycles. The topological polar surface area (TPSA) is 82.5 Å². The molecule has 1 aromatic heterocycles. The summed E-state index contributed by atoms with van der Waals surface area (Å²) >= 11 is 0. The largest absolute Gasteiger partial charge is 0.197 e. The number of aromatic amines is 1. The van der Waals surface area contributed by atoms with Crippen molar-refractivity contribution >= 4 is 11.0 Å². The molecule has 0 fully saturated rings. The van der Waals surface area contributed by atoms with Gasteiger partial charge in [-0.15, -0.1) is 0 Å². The Morgan fingerprint density at radius 3 is 2.00 bits per heavy atom. The Hall–Kier alpha value is -1.78. The number of hydrogen-bond acceptors (Lipinski definition) is 4. The second-order valence-corrected chi connectivity index (χ2v) is 1.81. The quantitative estimate of drug-likeness (QED) is 0.555. The van der Waals surface area contributed by atoms with Crippen molar-refractivity contribution in [2.45, 2.75) is 0 Å². The first-order valence-electron chi connectivity index (χ1n) is 2.93. The van der Waals surface area contributed by atoms with Crippen molar-refractivity contribution in [3.05, 3.63) is 29.2 Å². The first kappa shape index (κ1) is 7.33. The average molecular weight is 150 g/mol. The minimum atomic E-state index is 0.914. The maximum absolute atomic E-state index is 7.50. The van der Waals surface area contributed by atoms with Gasteiger partial charge in [0.2, 0.25) is 0 Å². The minimum Gasteiger partial charge on any atom is -0.197 e. The zero-order valence-corrected chi connectivity index (χ0v) is 5.61. The number of aromatic nitrogens is 3. The normalized spacial score (nSPS) is 8.73. The summed E-state index contributed by atoms with van der Waals surface area (Å²) in [5, 5.41) is 10.3. The Morgan fingerprint density at radius 1 is 1.09 bits per heavy atom. The van der Waals surface area contributed by atoms with E-state index >= 15 is 0 Å². The highest BCUT2D eigenvalue weighted by molar-refractivity contribution is 5.72.